The molecule has 4 rings (SSSR count). The number of alkyl carbamates (subject to hydrolysis) is 1. The van der Waals surface area contributed by atoms with E-state index in [-0.39, 0.29) is 35.4 Å². The van der Waals surface area contributed by atoms with Gasteiger partial charge in [-0.05, 0) is 38.8 Å². The van der Waals surface area contributed by atoms with E-state index in [4.69, 9.17) is 4.74 Å². The number of ether oxygens (including phenoxy) is 1. The number of fused-ring (bicyclic) bond motifs is 3. The lowest BCUT2D eigenvalue weighted by Crippen LogP contribution is -2.41. The summed E-state index contributed by atoms with van der Waals surface area (Å²) in [5.74, 6) is -3.44. The Labute approximate surface area is 199 Å². The van der Waals surface area contributed by atoms with Crippen LogP contribution in [-0.2, 0) is 23.8 Å². The topological polar surface area (TPSA) is 85.8 Å². The highest BCUT2D eigenvalue weighted by Gasteiger charge is 2.34. The second-order valence-corrected chi connectivity index (χ2v) is 9.07. The molecule has 0 bridgehead atoms. The number of rotatable bonds is 5. The van der Waals surface area contributed by atoms with Gasteiger partial charge >= 0.3 is 12.3 Å². The number of carbonyl (C=O) groups excluding carboxylic acids is 1. The molecule has 14 heteroatoms. The summed E-state index contributed by atoms with van der Waals surface area (Å²) in [6.07, 6.45) is -3.23. The van der Waals surface area contributed by atoms with Gasteiger partial charge in [-0.25, -0.2) is 22.5 Å². The number of halogens is 6. The molecule has 0 fully saturated rings. The third-order valence-corrected chi connectivity index (χ3v) is 5.08. The van der Waals surface area contributed by atoms with Crippen molar-refractivity contribution in [3.8, 4) is 0 Å². The minimum Gasteiger partial charge on any atom is -0.444 e. The third kappa shape index (κ3) is 5.36. The molecule has 0 radical (unpaired) electrons. The van der Waals surface area contributed by atoms with Gasteiger partial charge in [-0.3, -0.25) is 4.40 Å². The molecule has 1 aromatic carbocycles. The highest BCUT2D eigenvalue weighted by atomic mass is 19.4. The van der Waals surface area contributed by atoms with Crippen molar-refractivity contribution in [2.75, 3.05) is 0 Å². The van der Waals surface area contributed by atoms with Crippen LogP contribution in [0.1, 0.15) is 37.9 Å². The average Bonchev–Trinajstić information content (AvgIpc) is 3.34. The third-order valence-electron chi connectivity index (χ3n) is 5.08. The first kappa shape index (κ1) is 25.3. The van der Waals surface area contributed by atoms with E-state index in [1.54, 1.807) is 20.8 Å². The minimum absolute atomic E-state index is 0.0341. The monoisotopic (exact) mass is 514 g/mol. The summed E-state index contributed by atoms with van der Waals surface area (Å²) in [5.41, 5.74) is -2.08. The fourth-order valence-corrected chi connectivity index (χ4v) is 3.59. The number of benzene rings is 1. The molecule has 1 atom stereocenters. The van der Waals surface area contributed by atoms with Crippen LogP contribution in [0.25, 0.3) is 11.2 Å². The summed E-state index contributed by atoms with van der Waals surface area (Å²) < 4.78 is 88.3. The standard InChI is InChI=1S/C22H20F6N6O2/c1-21(2,3)36-20(35)29-12(6-11-7-14(24)15(25)9-13(11)23)8-18-30-31-19-16-10-17(22(26,27)28)32-34(16)5-4-33(18)19/h4-5,7,9-10,12H,6,8H2,1-3H3,(H,29,35)/t12-/m1/s1. The van der Waals surface area contributed by atoms with Gasteiger partial charge in [0, 0.05) is 37.0 Å². The van der Waals surface area contributed by atoms with Crippen molar-refractivity contribution in [2.45, 2.75) is 51.4 Å². The Morgan fingerprint density at radius 1 is 1.00 bits per heavy atom. The van der Waals surface area contributed by atoms with Gasteiger partial charge < -0.3 is 10.1 Å². The zero-order valence-electron chi connectivity index (χ0n) is 19.2. The number of nitrogens with zero attached hydrogens (tertiary/aromatic N) is 5. The van der Waals surface area contributed by atoms with Crippen LogP contribution < -0.4 is 5.32 Å². The van der Waals surface area contributed by atoms with Crippen molar-refractivity contribution in [1.82, 2.24) is 29.5 Å². The summed E-state index contributed by atoms with van der Waals surface area (Å²) >= 11 is 0. The van der Waals surface area contributed by atoms with E-state index >= 15 is 0 Å². The Bertz CT molecular complexity index is 1440. The van der Waals surface area contributed by atoms with Crippen LogP contribution in [-0.4, -0.2) is 41.9 Å². The molecule has 8 nitrogen and oxygen atoms in total. The molecule has 36 heavy (non-hydrogen) atoms. The summed E-state index contributed by atoms with van der Waals surface area (Å²) in [6, 6.07) is 0.973. The minimum atomic E-state index is -4.66. The number of hydrogen-bond donors (Lipinski definition) is 1. The van der Waals surface area contributed by atoms with Crippen LogP contribution >= 0.6 is 0 Å². The van der Waals surface area contributed by atoms with Gasteiger partial charge in [0.2, 0.25) is 0 Å². The SMILES string of the molecule is CC(C)(C)OC(=O)N[C@H](Cc1cc(F)c(F)cc1F)Cc1nnc2c3cc(C(F)(F)F)nn3ccn12. The lowest BCUT2D eigenvalue weighted by molar-refractivity contribution is -0.141. The maximum absolute atomic E-state index is 14.3. The molecule has 0 aliphatic rings. The van der Waals surface area contributed by atoms with Crippen molar-refractivity contribution in [1.29, 1.82) is 0 Å². The van der Waals surface area contributed by atoms with Crippen LogP contribution in [0.4, 0.5) is 31.1 Å². The van der Waals surface area contributed by atoms with Crippen molar-refractivity contribution in [3.63, 3.8) is 0 Å². The van der Waals surface area contributed by atoms with Gasteiger partial charge in [0.25, 0.3) is 0 Å². The fraction of sp³-hybridized carbons (Fsp3) is 0.364. The van der Waals surface area contributed by atoms with Gasteiger partial charge in [0.05, 0.1) is 0 Å². The summed E-state index contributed by atoms with van der Waals surface area (Å²) in [4.78, 5) is 12.4. The van der Waals surface area contributed by atoms with Gasteiger partial charge in [0.15, 0.2) is 23.0 Å². The van der Waals surface area contributed by atoms with E-state index in [0.29, 0.717) is 12.1 Å². The van der Waals surface area contributed by atoms with Gasteiger partial charge in [-0.1, -0.05) is 0 Å². The first-order valence-electron chi connectivity index (χ1n) is 10.6. The summed E-state index contributed by atoms with van der Waals surface area (Å²) in [5, 5.41) is 14.0. The van der Waals surface area contributed by atoms with Gasteiger partial charge in [0.1, 0.15) is 22.8 Å². The van der Waals surface area contributed by atoms with Crippen LogP contribution in [0.3, 0.4) is 0 Å². The first-order chi connectivity index (χ1) is 16.7. The lowest BCUT2D eigenvalue weighted by atomic mass is 10.0. The molecule has 0 saturated heterocycles. The fourth-order valence-electron chi connectivity index (χ4n) is 3.59. The summed E-state index contributed by atoms with van der Waals surface area (Å²) in [6.45, 7) is 4.90. The molecule has 0 aliphatic carbocycles. The molecule has 4 aromatic rings. The Morgan fingerprint density at radius 3 is 2.36 bits per heavy atom. The van der Waals surface area contributed by atoms with Crippen LogP contribution in [0.5, 0.6) is 0 Å². The van der Waals surface area contributed by atoms with Gasteiger partial charge in [-0.15, -0.1) is 10.2 Å². The van der Waals surface area contributed by atoms with Crippen LogP contribution in [0, 0.1) is 17.5 Å². The molecular weight excluding hydrogens is 494 g/mol. The second kappa shape index (κ2) is 8.99. The first-order valence-corrected chi connectivity index (χ1v) is 10.6. The number of nitrogens with one attached hydrogen (secondary N) is 1. The Morgan fingerprint density at radius 2 is 1.69 bits per heavy atom. The molecule has 1 N–H and O–H groups in total. The number of hydrogen-bond acceptors (Lipinski definition) is 5. The molecule has 3 heterocycles. The van der Waals surface area contributed by atoms with E-state index in [1.807, 2.05) is 0 Å². The zero-order chi connectivity index (χ0) is 26.4. The molecule has 1 amide bonds. The lowest BCUT2D eigenvalue weighted by Gasteiger charge is -2.23. The Kier molecular flexibility index (Phi) is 6.31. The predicted octanol–water partition coefficient (Wildman–Crippen LogP) is 4.49. The number of aromatic nitrogens is 5. The Balaban J connectivity index is 1.68. The quantitative estimate of drug-likeness (QED) is 0.313. The van der Waals surface area contributed by atoms with Crippen molar-refractivity contribution in [2.24, 2.45) is 0 Å². The molecule has 0 saturated carbocycles. The Hall–Kier alpha value is -3.84. The highest BCUT2D eigenvalue weighted by molar-refractivity contribution is 5.71. The predicted molar refractivity (Wildman–Crippen MR) is 114 cm³/mol. The molecule has 192 valence electrons. The largest absolute Gasteiger partial charge is 0.444 e. The molecule has 3 aromatic heterocycles. The molecule has 0 unspecified atom stereocenters. The smallest absolute Gasteiger partial charge is 0.435 e. The van der Waals surface area contributed by atoms with E-state index in [1.165, 1.54) is 16.8 Å². The van der Waals surface area contributed by atoms with E-state index in [0.717, 1.165) is 10.6 Å². The van der Waals surface area contributed by atoms with Crippen LogP contribution in [0.2, 0.25) is 0 Å². The van der Waals surface area contributed by atoms with Crippen molar-refractivity contribution >= 4 is 17.3 Å². The van der Waals surface area contributed by atoms with E-state index in [2.05, 4.69) is 20.6 Å². The zero-order valence-corrected chi connectivity index (χ0v) is 19.2. The van der Waals surface area contributed by atoms with Crippen molar-refractivity contribution < 1.29 is 35.9 Å². The maximum Gasteiger partial charge on any atom is 0.435 e. The van der Waals surface area contributed by atoms with Crippen LogP contribution in [0.15, 0.2) is 30.6 Å². The maximum atomic E-state index is 14.3. The van der Waals surface area contributed by atoms with Gasteiger partial charge in [-0.2, -0.15) is 18.3 Å². The highest BCUT2D eigenvalue weighted by Crippen LogP contribution is 2.29. The normalized spacial score (nSPS) is 13.4. The van der Waals surface area contributed by atoms with E-state index < -0.39 is 47.1 Å². The summed E-state index contributed by atoms with van der Waals surface area (Å²) in [7, 11) is 0. The number of amides is 1. The second-order valence-electron chi connectivity index (χ2n) is 9.07. The van der Waals surface area contributed by atoms with E-state index in [9.17, 15) is 31.1 Å². The molecule has 0 spiro atoms. The number of carbonyl (C=O) groups is 1. The number of alkyl halides is 3. The van der Waals surface area contributed by atoms with Crippen molar-refractivity contribution in [3.05, 3.63) is 65.1 Å². The molecular formula is C22H20F6N6O2. The average molecular weight is 514 g/mol. The molecule has 0 aliphatic heterocycles.